The molecular formula is C25H36N2O5S. The average molecular weight is 477 g/mol. The molecule has 7 nitrogen and oxygen atoms in total. The fraction of sp³-hybridized carbons (Fsp3) is 0.720. The van der Waals surface area contributed by atoms with Crippen LogP contribution in [0.1, 0.15) is 48.0 Å². The first kappa shape index (κ1) is 24.3. The lowest BCUT2D eigenvalue weighted by atomic mass is 9.75. The van der Waals surface area contributed by atoms with Crippen molar-refractivity contribution in [3.05, 3.63) is 24.3 Å². The standard InChI is InChI=1S/C25H36N2O5S/c1-15(2)13-16(14-28)27-19-21(30)26(23(3,4)5)11-7-10-25(19)17(20(27)29)18-22(31)32-12-8-9-24(18,6)33-25/h7-10,15-19,28H,11-14H2,1-6H3/t16-,17+,18-,19?,24+,25+/m1/s1. The summed E-state index contributed by atoms with van der Waals surface area (Å²) in [6.45, 7) is 12.4. The molecule has 182 valence electrons. The highest BCUT2D eigenvalue weighted by Crippen LogP contribution is 2.65. The molecule has 0 saturated carbocycles. The zero-order chi connectivity index (χ0) is 24.3. The van der Waals surface area contributed by atoms with Crippen LogP contribution in [0.3, 0.4) is 0 Å². The van der Waals surface area contributed by atoms with Gasteiger partial charge in [0.1, 0.15) is 12.6 Å². The fourth-order valence-corrected chi connectivity index (χ4v) is 8.25. The van der Waals surface area contributed by atoms with Crippen molar-refractivity contribution in [1.29, 1.82) is 0 Å². The second-order valence-corrected chi connectivity index (χ2v) is 13.1. The van der Waals surface area contributed by atoms with Crippen LogP contribution in [0, 0.1) is 17.8 Å². The molecule has 0 aromatic heterocycles. The highest BCUT2D eigenvalue weighted by Gasteiger charge is 2.74. The minimum Gasteiger partial charge on any atom is -0.461 e. The zero-order valence-electron chi connectivity index (χ0n) is 20.4. The number of carbonyl (C=O) groups excluding carboxylic acids is 3. The van der Waals surface area contributed by atoms with E-state index in [1.54, 1.807) is 9.80 Å². The van der Waals surface area contributed by atoms with Gasteiger partial charge < -0.3 is 19.6 Å². The maximum Gasteiger partial charge on any atom is 0.311 e. The molecular weight excluding hydrogens is 440 g/mol. The van der Waals surface area contributed by atoms with E-state index in [0.29, 0.717) is 13.0 Å². The largest absolute Gasteiger partial charge is 0.461 e. The van der Waals surface area contributed by atoms with Gasteiger partial charge in [-0.05, 0) is 46.1 Å². The minimum atomic E-state index is -0.904. The number of nitrogens with zero attached hydrogens (tertiary/aromatic N) is 2. The summed E-state index contributed by atoms with van der Waals surface area (Å²) in [6, 6.07) is -1.29. The Morgan fingerprint density at radius 2 is 1.85 bits per heavy atom. The van der Waals surface area contributed by atoms with Crippen LogP contribution in [0.15, 0.2) is 24.3 Å². The normalized spacial score (nSPS) is 37.0. The van der Waals surface area contributed by atoms with Gasteiger partial charge in [-0.15, -0.1) is 11.8 Å². The molecule has 1 N–H and O–H groups in total. The molecule has 33 heavy (non-hydrogen) atoms. The lowest BCUT2D eigenvalue weighted by Gasteiger charge is -2.43. The number of hydrogen-bond acceptors (Lipinski definition) is 6. The predicted octanol–water partition coefficient (Wildman–Crippen LogP) is 2.39. The Morgan fingerprint density at radius 3 is 2.45 bits per heavy atom. The monoisotopic (exact) mass is 476 g/mol. The molecule has 4 rings (SSSR count). The average Bonchev–Trinajstić information content (AvgIpc) is 2.96. The highest BCUT2D eigenvalue weighted by atomic mass is 32.2. The maximum atomic E-state index is 14.2. The summed E-state index contributed by atoms with van der Waals surface area (Å²) < 4.78 is 3.89. The van der Waals surface area contributed by atoms with Crippen LogP contribution in [0.5, 0.6) is 0 Å². The number of carbonyl (C=O) groups is 3. The van der Waals surface area contributed by atoms with E-state index in [0.717, 1.165) is 0 Å². The number of likely N-dealkylation sites (tertiary alicyclic amines) is 1. The molecule has 4 heterocycles. The van der Waals surface area contributed by atoms with Crippen LogP contribution >= 0.6 is 11.8 Å². The van der Waals surface area contributed by atoms with E-state index in [1.807, 2.05) is 65.8 Å². The summed E-state index contributed by atoms with van der Waals surface area (Å²) in [5, 5.41) is 10.3. The molecule has 2 fully saturated rings. The van der Waals surface area contributed by atoms with Gasteiger partial charge in [0.2, 0.25) is 11.8 Å². The van der Waals surface area contributed by atoms with Crippen LogP contribution in [0.4, 0.5) is 0 Å². The number of esters is 1. The third kappa shape index (κ3) is 3.64. The van der Waals surface area contributed by atoms with Crippen molar-refractivity contribution in [3.63, 3.8) is 0 Å². The van der Waals surface area contributed by atoms with Gasteiger partial charge in [0.15, 0.2) is 0 Å². The van der Waals surface area contributed by atoms with Gasteiger partial charge in [0.25, 0.3) is 0 Å². The van der Waals surface area contributed by atoms with Crippen LogP contribution in [0.2, 0.25) is 0 Å². The van der Waals surface area contributed by atoms with Gasteiger partial charge >= 0.3 is 5.97 Å². The summed E-state index contributed by atoms with van der Waals surface area (Å²) in [4.78, 5) is 44.9. The Hall–Kier alpha value is -1.80. The summed E-state index contributed by atoms with van der Waals surface area (Å²) in [5.41, 5.74) is -0.442. The van der Waals surface area contributed by atoms with E-state index in [2.05, 4.69) is 0 Å². The van der Waals surface area contributed by atoms with Gasteiger partial charge in [-0.3, -0.25) is 14.4 Å². The first-order valence-electron chi connectivity index (χ1n) is 11.8. The predicted molar refractivity (Wildman–Crippen MR) is 127 cm³/mol. The number of rotatable bonds is 4. The topological polar surface area (TPSA) is 87.2 Å². The second-order valence-electron chi connectivity index (χ2n) is 11.3. The SMILES string of the molecule is CC(C)C[C@H](CO)N1C(=O)[C@@H]2[C@@H]3C(=O)OCC=C[C@]3(C)S[C@@]23C=CCN(C(C)(C)C)C(=O)C13. The Balaban J connectivity index is 1.91. The first-order chi connectivity index (χ1) is 15.4. The zero-order valence-corrected chi connectivity index (χ0v) is 21.2. The van der Waals surface area contributed by atoms with Crippen molar-refractivity contribution in [2.45, 2.75) is 75.1 Å². The third-order valence-corrected chi connectivity index (χ3v) is 9.20. The van der Waals surface area contributed by atoms with Crippen molar-refractivity contribution in [2.24, 2.45) is 17.8 Å². The third-order valence-electron chi connectivity index (χ3n) is 7.41. The molecule has 0 aromatic carbocycles. The van der Waals surface area contributed by atoms with E-state index in [4.69, 9.17) is 4.74 Å². The van der Waals surface area contributed by atoms with Gasteiger partial charge in [-0.1, -0.05) is 32.1 Å². The van der Waals surface area contributed by atoms with Crippen molar-refractivity contribution in [2.75, 3.05) is 19.8 Å². The van der Waals surface area contributed by atoms with Gasteiger partial charge in [-0.2, -0.15) is 0 Å². The molecule has 6 atom stereocenters. The minimum absolute atomic E-state index is 0.129. The van der Waals surface area contributed by atoms with E-state index in [9.17, 15) is 19.5 Å². The smallest absolute Gasteiger partial charge is 0.311 e. The van der Waals surface area contributed by atoms with Crippen molar-refractivity contribution in [1.82, 2.24) is 9.80 Å². The number of thioether (sulfide) groups is 1. The summed E-state index contributed by atoms with van der Waals surface area (Å²) in [5.74, 6) is -1.96. The first-order valence-corrected chi connectivity index (χ1v) is 12.7. The van der Waals surface area contributed by atoms with E-state index in [-0.39, 0.29) is 30.9 Å². The number of aliphatic hydroxyl groups excluding tert-OH is 1. The summed E-state index contributed by atoms with van der Waals surface area (Å²) >= 11 is 1.53. The Kier molecular flexibility index (Phi) is 6.01. The highest BCUT2D eigenvalue weighted by molar-refractivity contribution is 8.02. The molecule has 4 aliphatic rings. The van der Waals surface area contributed by atoms with Crippen LogP contribution in [-0.2, 0) is 19.1 Å². The number of hydrogen-bond donors (Lipinski definition) is 1. The summed E-state index contributed by atoms with van der Waals surface area (Å²) in [6.07, 6.45) is 8.35. The molecule has 2 saturated heterocycles. The molecule has 1 unspecified atom stereocenters. The summed E-state index contributed by atoms with van der Waals surface area (Å²) in [7, 11) is 0. The second kappa shape index (κ2) is 8.15. The Labute approximate surface area is 200 Å². The van der Waals surface area contributed by atoms with E-state index >= 15 is 0 Å². The number of fused-ring (bicyclic) bond motifs is 2. The maximum absolute atomic E-state index is 14.2. The van der Waals surface area contributed by atoms with Gasteiger partial charge in [-0.25, -0.2) is 0 Å². The number of amides is 2. The van der Waals surface area contributed by atoms with Crippen LogP contribution in [-0.4, -0.2) is 79.6 Å². The molecule has 0 bridgehead atoms. The molecule has 1 spiro atoms. The lowest BCUT2D eigenvalue weighted by molar-refractivity contribution is -0.153. The van der Waals surface area contributed by atoms with Crippen LogP contribution in [0.25, 0.3) is 0 Å². The van der Waals surface area contributed by atoms with Crippen LogP contribution < -0.4 is 0 Å². The van der Waals surface area contributed by atoms with E-state index in [1.165, 1.54) is 11.8 Å². The number of aliphatic hydroxyl groups is 1. The quantitative estimate of drug-likeness (QED) is 0.495. The molecule has 8 heteroatoms. The molecule has 2 amide bonds. The molecule has 0 radical (unpaired) electrons. The molecule has 0 aromatic rings. The Bertz CT molecular complexity index is 909. The molecule has 0 aliphatic carbocycles. The lowest BCUT2D eigenvalue weighted by Crippen LogP contribution is -2.59. The van der Waals surface area contributed by atoms with E-state index < -0.39 is 44.9 Å². The fourth-order valence-electron chi connectivity index (χ4n) is 6.11. The van der Waals surface area contributed by atoms with Crippen molar-refractivity contribution >= 4 is 29.5 Å². The Morgan fingerprint density at radius 1 is 1.15 bits per heavy atom. The molecule has 4 aliphatic heterocycles. The van der Waals surface area contributed by atoms with Crippen molar-refractivity contribution < 1.29 is 24.2 Å². The number of ether oxygens (including phenoxy) is 1. The van der Waals surface area contributed by atoms with Gasteiger partial charge in [0, 0.05) is 16.8 Å². The van der Waals surface area contributed by atoms with Gasteiger partial charge in [0.05, 0.1) is 29.2 Å². The van der Waals surface area contributed by atoms with Crippen molar-refractivity contribution in [3.8, 4) is 0 Å². The number of cyclic esters (lactones) is 1.